The largest absolute Gasteiger partial charge is 0.397 e. The maximum absolute atomic E-state index is 12.0. The van der Waals surface area contributed by atoms with Crippen LogP contribution in [0.2, 0.25) is 0 Å². The molecule has 1 aromatic heterocycles. The number of nitrogen functional groups attached to an aromatic ring is 1. The second kappa shape index (κ2) is 4.57. The summed E-state index contributed by atoms with van der Waals surface area (Å²) >= 11 is 0. The van der Waals surface area contributed by atoms with Gasteiger partial charge in [-0.3, -0.25) is 10.1 Å². The molecule has 0 aliphatic carbocycles. The molecule has 19 heavy (non-hydrogen) atoms. The van der Waals surface area contributed by atoms with E-state index in [-0.39, 0.29) is 22.2 Å². The summed E-state index contributed by atoms with van der Waals surface area (Å²) in [6, 6.07) is 3.11. The third-order valence-corrected chi connectivity index (χ3v) is 3.64. The molecule has 0 aliphatic heterocycles. The number of aromatic amines is 1. The van der Waals surface area contributed by atoms with E-state index in [1.807, 2.05) is 0 Å². The lowest BCUT2D eigenvalue weighted by Gasteiger charge is -2.07. The maximum atomic E-state index is 12.0. The molecule has 9 nitrogen and oxygen atoms in total. The van der Waals surface area contributed by atoms with Crippen molar-refractivity contribution < 1.29 is 13.3 Å². The highest BCUT2D eigenvalue weighted by Crippen LogP contribution is 2.24. The summed E-state index contributed by atoms with van der Waals surface area (Å²) in [5.41, 5.74) is 5.02. The Kier molecular flexibility index (Phi) is 3.09. The van der Waals surface area contributed by atoms with Crippen molar-refractivity contribution in [3.05, 3.63) is 40.7 Å². The summed E-state index contributed by atoms with van der Waals surface area (Å²) < 4.78 is 26.1. The molecule has 0 fully saturated rings. The van der Waals surface area contributed by atoms with Crippen LogP contribution in [0.25, 0.3) is 0 Å². The molecule has 1 aromatic carbocycles. The predicted octanol–water partition coefficient (Wildman–Crippen LogP) is 0.701. The molecule has 0 radical (unpaired) electrons. The van der Waals surface area contributed by atoms with Crippen LogP contribution in [0.3, 0.4) is 0 Å². The van der Waals surface area contributed by atoms with Crippen LogP contribution in [0.15, 0.2) is 35.5 Å². The monoisotopic (exact) mass is 283 g/mol. The fourth-order valence-corrected chi connectivity index (χ4v) is 2.49. The lowest BCUT2D eigenvalue weighted by Crippen LogP contribution is -2.15. The minimum absolute atomic E-state index is 0.0257. The van der Waals surface area contributed by atoms with Crippen LogP contribution in [0.4, 0.5) is 17.3 Å². The zero-order valence-corrected chi connectivity index (χ0v) is 10.2. The molecule has 0 bridgehead atoms. The van der Waals surface area contributed by atoms with Crippen molar-refractivity contribution >= 4 is 27.3 Å². The molecule has 4 N–H and O–H groups in total. The number of anilines is 2. The van der Waals surface area contributed by atoms with Gasteiger partial charge in [0, 0.05) is 24.5 Å². The summed E-state index contributed by atoms with van der Waals surface area (Å²) in [7, 11) is -3.95. The standard InChI is InChI=1S/C9H9N5O4S/c10-7-5-6(14(15)16)1-2-8(7)19(17,18)13-9-11-3-4-12-9/h1-5H,10H2,(H2,11,12,13). The van der Waals surface area contributed by atoms with Gasteiger partial charge in [0.2, 0.25) is 5.95 Å². The van der Waals surface area contributed by atoms with Crippen LogP contribution in [0.5, 0.6) is 0 Å². The first-order valence-electron chi connectivity index (χ1n) is 4.96. The minimum atomic E-state index is -3.95. The summed E-state index contributed by atoms with van der Waals surface area (Å²) in [6.07, 6.45) is 2.81. The fraction of sp³-hybridized carbons (Fsp3) is 0. The lowest BCUT2D eigenvalue weighted by atomic mass is 10.3. The van der Waals surface area contributed by atoms with E-state index < -0.39 is 14.9 Å². The number of benzene rings is 1. The number of hydrogen-bond acceptors (Lipinski definition) is 6. The Morgan fingerprint density at radius 3 is 2.68 bits per heavy atom. The maximum Gasteiger partial charge on any atom is 0.271 e. The summed E-state index contributed by atoms with van der Waals surface area (Å²) in [4.78, 5) is 15.9. The Hall–Kier alpha value is -2.62. The molecule has 1 heterocycles. The van der Waals surface area contributed by atoms with Crippen LogP contribution in [-0.2, 0) is 10.0 Å². The van der Waals surface area contributed by atoms with Gasteiger partial charge in [0.15, 0.2) is 0 Å². The number of non-ortho nitro benzene ring substituents is 1. The van der Waals surface area contributed by atoms with Gasteiger partial charge in [-0.25, -0.2) is 18.1 Å². The summed E-state index contributed by atoms with van der Waals surface area (Å²) in [5.74, 6) is 0.0257. The van der Waals surface area contributed by atoms with Crippen LogP contribution >= 0.6 is 0 Å². The lowest BCUT2D eigenvalue weighted by molar-refractivity contribution is -0.384. The van der Waals surface area contributed by atoms with Crippen molar-refractivity contribution in [3.63, 3.8) is 0 Å². The third kappa shape index (κ3) is 2.63. The van der Waals surface area contributed by atoms with Gasteiger partial charge in [-0.15, -0.1) is 0 Å². The quantitative estimate of drug-likeness (QED) is 0.428. The van der Waals surface area contributed by atoms with E-state index in [0.717, 1.165) is 18.2 Å². The molecule has 0 saturated heterocycles. The SMILES string of the molecule is Nc1cc([N+](=O)[O-])ccc1S(=O)(=O)Nc1ncc[nH]1. The summed E-state index contributed by atoms with van der Waals surface area (Å²) in [5, 5.41) is 10.5. The second-order valence-electron chi connectivity index (χ2n) is 3.52. The van der Waals surface area contributed by atoms with E-state index in [4.69, 9.17) is 5.73 Å². The first kappa shape index (κ1) is 12.8. The smallest absolute Gasteiger partial charge is 0.271 e. The van der Waals surface area contributed by atoms with E-state index in [0.29, 0.717) is 0 Å². The van der Waals surface area contributed by atoms with Crippen LogP contribution in [0, 0.1) is 10.1 Å². The number of nitro benzene ring substituents is 1. The zero-order chi connectivity index (χ0) is 14.0. The normalized spacial score (nSPS) is 11.2. The molecule has 10 heteroatoms. The molecule has 2 rings (SSSR count). The molecule has 0 spiro atoms. The molecule has 100 valence electrons. The van der Waals surface area contributed by atoms with E-state index in [1.165, 1.54) is 12.4 Å². The number of aromatic nitrogens is 2. The van der Waals surface area contributed by atoms with E-state index in [2.05, 4.69) is 14.7 Å². The molecule has 0 unspecified atom stereocenters. The number of rotatable bonds is 4. The van der Waals surface area contributed by atoms with Crippen molar-refractivity contribution in [1.82, 2.24) is 9.97 Å². The number of hydrogen-bond donors (Lipinski definition) is 3. The highest BCUT2D eigenvalue weighted by atomic mass is 32.2. The van der Waals surface area contributed by atoms with Crippen molar-refractivity contribution in [2.45, 2.75) is 4.90 Å². The van der Waals surface area contributed by atoms with E-state index in [1.54, 1.807) is 0 Å². The molecular weight excluding hydrogens is 274 g/mol. The average Bonchev–Trinajstić information content (AvgIpc) is 2.80. The van der Waals surface area contributed by atoms with Crippen LogP contribution < -0.4 is 10.5 Å². The van der Waals surface area contributed by atoms with Gasteiger partial charge in [-0.2, -0.15) is 0 Å². The number of nitrogens with two attached hydrogens (primary N) is 1. The number of nitrogens with one attached hydrogen (secondary N) is 2. The van der Waals surface area contributed by atoms with Crippen LogP contribution in [0.1, 0.15) is 0 Å². The highest BCUT2D eigenvalue weighted by Gasteiger charge is 2.20. The molecule has 2 aromatic rings. The van der Waals surface area contributed by atoms with Gasteiger partial charge in [-0.05, 0) is 6.07 Å². The fourth-order valence-electron chi connectivity index (χ4n) is 1.40. The van der Waals surface area contributed by atoms with Crippen molar-refractivity contribution in [1.29, 1.82) is 0 Å². The third-order valence-electron chi connectivity index (χ3n) is 2.22. The Morgan fingerprint density at radius 1 is 1.42 bits per heavy atom. The van der Waals surface area contributed by atoms with Crippen molar-refractivity contribution in [2.24, 2.45) is 0 Å². The Labute approximate surface area is 107 Å². The number of imidazole rings is 1. The Bertz CT molecular complexity index is 710. The molecule has 0 saturated carbocycles. The molecule has 0 amide bonds. The first-order chi connectivity index (χ1) is 8.90. The molecule has 0 atom stereocenters. The van der Waals surface area contributed by atoms with E-state index >= 15 is 0 Å². The van der Waals surface area contributed by atoms with Crippen molar-refractivity contribution in [3.8, 4) is 0 Å². The average molecular weight is 283 g/mol. The Balaban J connectivity index is 2.38. The number of nitrogens with zero attached hydrogens (tertiary/aromatic N) is 2. The van der Waals surface area contributed by atoms with Crippen molar-refractivity contribution in [2.75, 3.05) is 10.5 Å². The highest BCUT2D eigenvalue weighted by molar-refractivity contribution is 7.92. The molecule has 0 aliphatic rings. The number of H-pyrrole nitrogens is 1. The second-order valence-corrected chi connectivity index (χ2v) is 5.17. The van der Waals surface area contributed by atoms with Gasteiger partial charge >= 0.3 is 0 Å². The first-order valence-corrected chi connectivity index (χ1v) is 6.44. The molecular formula is C9H9N5O4S. The van der Waals surface area contributed by atoms with Crippen LogP contribution in [-0.4, -0.2) is 23.3 Å². The zero-order valence-electron chi connectivity index (χ0n) is 9.40. The Morgan fingerprint density at radius 2 is 2.16 bits per heavy atom. The minimum Gasteiger partial charge on any atom is -0.397 e. The predicted molar refractivity (Wildman–Crippen MR) is 66.9 cm³/mol. The van der Waals surface area contributed by atoms with Gasteiger partial charge in [0.25, 0.3) is 15.7 Å². The van der Waals surface area contributed by atoms with Gasteiger partial charge in [-0.1, -0.05) is 0 Å². The number of nitro groups is 1. The van der Waals surface area contributed by atoms with Gasteiger partial charge in [0.1, 0.15) is 4.90 Å². The number of sulfonamides is 1. The topological polar surface area (TPSA) is 144 Å². The summed E-state index contributed by atoms with van der Waals surface area (Å²) in [6.45, 7) is 0. The van der Waals surface area contributed by atoms with Gasteiger partial charge in [0.05, 0.1) is 10.6 Å². The van der Waals surface area contributed by atoms with E-state index in [9.17, 15) is 18.5 Å². The van der Waals surface area contributed by atoms with Gasteiger partial charge < -0.3 is 10.7 Å².